The van der Waals surface area contributed by atoms with Crippen molar-refractivity contribution < 1.29 is 19.1 Å². The van der Waals surface area contributed by atoms with E-state index in [0.717, 1.165) is 0 Å². The molecule has 0 N–H and O–H groups in total. The smallest absolute Gasteiger partial charge is 0.333 e. The zero-order chi connectivity index (χ0) is 12.6. The molecule has 4 heteroatoms. The van der Waals surface area contributed by atoms with E-state index in [-0.39, 0.29) is 18.0 Å². The molecule has 0 bridgehead atoms. The van der Waals surface area contributed by atoms with Crippen LogP contribution in [0, 0.1) is 0 Å². The van der Waals surface area contributed by atoms with Gasteiger partial charge in [0.05, 0.1) is 13.0 Å². The third kappa shape index (κ3) is 7.91. The van der Waals surface area contributed by atoms with Crippen LogP contribution in [0.3, 0.4) is 0 Å². The number of hydrogen-bond acceptors (Lipinski definition) is 4. The Kier molecular flexibility index (Phi) is 7.09. The first-order chi connectivity index (χ1) is 7.43. The standard InChI is InChI=1S/C12H18O4/c1-9(2)12(15)16-7-5-4-6-11(14)8-10(3)13/h1,4-8H2,2-3H3. The van der Waals surface area contributed by atoms with Crippen LogP contribution in [-0.2, 0) is 19.1 Å². The van der Waals surface area contributed by atoms with E-state index in [0.29, 0.717) is 31.4 Å². The van der Waals surface area contributed by atoms with Crippen molar-refractivity contribution in [2.45, 2.75) is 39.5 Å². The Bertz CT molecular complexity index is 291. The fourth-order valence-electron chi connectivity index (χ4n) is 1.08. The van der Waals surface area contributed by atoms with Gasteiger partial charge in [-0.2, -0.15) is 0 Å². The Hall–Kier alpha value is -1.45. The summed E-state index contributed by atoms with van der Waals surface area (Å²) in [6.45, 7) is 6.72. The summed E-state index contributed by atoms with van der Waals surface area (Å²) in [5, 5.41) is 0. The molecule has 0 saturated carbocycles. The van der Waals surface area contributed by atoms with E-state index in [1.807, 2.05) is 0 Å². The third-order valence-corrected chi connectivity index (χ3v) is 1.88. The van der Waals surface area contributed by atoms with Crippen molar-refractivity contribution in [3.05, 3.63) is 12.2 Å². The van der Waals surface area contributed by atoms with E-state index in [2.05, 4.69) is 6.58 Å². The molecule has 0 amide bonds. The maximum absolute atomic E-state index is 11.1. The van der Waals surface area contributed by atoms with Gasteiger partial charge in [0.1, 0.15) is 11.6 Å². The van der Waals surface area contributed by atoms with Crippen LogP contribution < -0.4 is 0 Å². The monoisotopic (exact) mass is 226 g/mol. The van der Waals surface area contributed by atoms with Crippen molar-refractivity contribution >= 4 is 17.5 Å². The van der Waals surface area contributed by atoms with Gasteiger partial charge in [0.15, 0.2) is 0 Å². The number of carbonyl (C=O) groups is 3. The first-order valence-electron chi connectivity index (χ1n) is 5.27. The first-order valence-corrected chi connectivity index (χ1v) is 5.27. The zero-order valence-corrected chi connectivity index (χ0v) is 9.88. The van der Waals surface area contributed by atoms with Crippen molar-refractivity contribution in [3.63, 3.8) is 0 Å². The van der Waals surface area contributed by atoms with Gasteiger partial charge in [-0.3, -0.25) is 9.59 Å². The minimum absolute atomic E-state index is 0.00551. The number of ether oxygens (including phenoxy) is 1. The molecule has 0 saturated heterocycles. The average molecular weight is 226 g/mol. The maximum Gasteiger partial charge on any atom is 0.333 e. The van der Waals surface area contributed by atoms with Crippen LogP contribution in [0.2, 0.25) is 0 Å². The van der Waals surface area contributed by atoms with E-state index in [9.17, 15) is 14.4 Å². The van der Waals surface area contributed by atoms with Crippen LogP contribution in [0.1, 0.15) is 39.5 Å². The largest absolute Gasteiger partial charge is 0.462 e. The molecule has 0 aliphatic rings. The highest BCUT2D eigenvalue weighted by molar-refractivity contribution is 5.97. The van der Waals surface area contributed by atoms with E-state index in [4.69, 9.17) is 4.74 Å². The van der Waals surface area contributed by atoms with Crippen molar-refractivity contribution in [1.82, 2.24) is 0 Å². The second kappa shape index (κ2) is 7.79. The summed E-state index contributed by atoms with van der Waals surface area (Å²) < 4.78 is 4.85. The highest BCUT2D eigenvalue weighted by Crippen LogP contribution is 2.01. The number of unbranched alkanes of at least 4 members (excludes halogenated alkanes) is 1. The van der Waals surface area contributed by atoms with Crippen LogP contribution in [0.4, 0.5) is 0 Å². The minimum atomic E-state index is -0.407. The van der Waals surface area contributed by atoms with Gasteiger partial charge in [-0.05, 0) is 26.7 Å². The van der Waals surface area contributed by atoms with Crippen LogP contribution in [0.15, 0.2) is 12.2 Å². The van der Waals surface area contributed by atoms with Crippen molar-refractivity contribution in [3.8, 4) is 0 Å². The number of Topliss-reactive ketones (excluding diaryl/α,β-unsaturated/α-hetero) is 2. The predicted octanol–water partition coefficient (Wildman–Crippen LogP) is 1.82. The molecule has 0 rings (SSSR count). The maximum atomic E-state index is 11.1. The lowest BCUT2D eigenvalue weighted by Crippen LogP contribution is -2.07. The molecule has 4 nitrogen and oxygen atoms in total. The SMILES string of the molecule is C=C(C)C(=O)OCCCCC(=O)CC(C)=O. The first kappa shape index (κ1) is 14.6. The lowest BCUT2D eigenvalue weighted by atomic mass is 10.1. The van der Waals surface area contributed by atoms with Gasteiger partial charge in [0.2, 0.25) is 0 Å². The summed E-state index contributed by atoms with van der Waals surface area (Å²) in [7, 11) is 0. The highest BCUT2D eigenvalue weighted by atomic mass is 16.5. The summed E-state index contributed by atoms with van der Waals surface area (Å²) in [4.78, 5) is 32.7. The molecule has 90 valence electrons. The lowest BCUT2D eigenvalue weighted by molar-refractivity contribution is -0.139. The molecule has 0 spiro atoms. The second-order valence-electron chi connectivity index (χ2n) is 3.79. The Morgan fingerprint density at radius 1 is 1.12 bits per heavy atom. The summed E-state index contributed by atoms with van der Waals surface area (Å²) in [6.07, 6.45) is 1.63. The summed E-state index contributed by atoms with van der Waals surface area (Å²) in [5.41, 5.74) is 0.368. The van der Waals surface area contributed by atoms with Crippen LogP contribution in [0.25, 0.3) is 0 Å². The molecule has 0 aromatic heterocycles. The van der Waals surface area contributed by atoms with E-state index in [1.54, 1.807) is 6.92 Å². The number of esters is 1. The zero-order valence-electron chi connectivity index (χ0n) is 9.88. The molecular formula is C12H18O4. The summed E-state index contributed by atoms with van der Waals surface area (Å²) >= 11 is 0. The molecule has 0 aromatic rings. The fraction of sp³-hybridized carbons (Fsp3) is 0.583. The Morgan fingerprint density at radius 2 is 1.75 bits per heavy atom. The molecule has 0 aromatic carbocycles. The lowest BCUT2D eigenvalue weighted by Gasteiger charge is -2.03. The molecular weight excluding hydrogens is 208 g/mol. The van der Waals surface area contributed by atoms with Gasteiger partial charge < -0.3 is 4.74 Å². The normalized spacial score (nSPS) is 9.62. The molecule has 0 aliphatic heterocycles. The minimum Gasteiger partial charge on any atom is -0.462 e. The highest BCUT2D eigenvalue weighted by Gasteiger charge is 2.06. The van der Waals surface area contributed by atoms with Gasteiger partial charge in [0, 0.05) is 12.0 Å². The molecule has 0 aliphatic carbocycles. The Morgan fingerprint density at radius 3 is 2.25 bits per heavy atom. The quantitative estimate of drug-likeness (QED) is 0.274. The molecule has 16 heavy (non-hydrogen) atoms. The van der Waals surface area contributed by atoms with Gasteiger partial charge in [0.25, 0.3) is 0 Å². The average Bonchev–Trinajstić information content (AvgIpc) is 2.15. The summed E-state index contributed by atoms with van der Waals surface area (Å²) in [5.74, 6) is -0.576. The van der Waals surface area contributed by atoms with Crippen LogP contribution in [0.5, 0.6) is 0 Å². The predicted molar refractivity (Wildman–Crippen MR) is 59.9 cm³/mol. The molecule has 0 radical (unpaired) electrons. The van der Waals surface area contributed by atoms with E-state index < -0.39 is 5.97 Å². The van der Waals surface area contributed by atoms with Gasteiger partial charge in [-0.15, -0.1) is 0 Å². The third-order valence-electron chi connectivity index (χ3n) is 1.88. The molecule has 0 atom stereocenters. The summed E-state index contributed by atoms with van der Waals surface area (Å²) in [6, 6.07) is 0. The van der Waals surface area contributed by atoms with Crippen LogP contribution in [-0.4, -0.2) is 24.1 Å². The number of ketones is 2. The van der Waals surface area contributed by atoms with Gasteiger partial charge in [-0.1, -0.05) is 6.58 Å². The van der Waals surface area contributed by atoms with Crippen molar-refractivity contribution in [2.75, 3.05) is 6.61 Å². The van der Waals surface area contributed by atoms with Gasteiger partial charge in [-0.25, -0.2) is 4.79 Å². The van der Waals surface area contributed by atoms with Crippen LogP contribution >= 0.6 is 0 Å². The van der Waals surface area contributed by atoms with Gasteiger partial charge >= 0.3 is 5.97 Å². The molecule has 0 fully saturated rings. The van der Waals surface area contributed by atoms with E-state index >= 15 is 0 Å². The van der Waals surface area contributed by atoms with E-state index in [1.165, 1.54) is 6.92 Å². The number of carbonyl (C=O) groups excluding carboxylic acids is 3. The fourth-order valence-corrected chi connectivity index (χ4v) is 1.08. The number of hydrogen-bond donors (Lipinski definition) is 0. The number of rotatable bonds is 8. The van der Waals surface area contributed by atoms with Crippen molar-refractivity contribution in [2.24, 2.45) is 0 Å². The Labute approximate surface area is 95.7 Å². The molecule has 0 heterocycles. The topological polar surface area (TPSA) is 60.4 Å². The molecule has 0 unspecified atom stereocenters. The van der Waals surface area contributed by atoms with Crippen molar-refractivity contribution in [1.29, 1.82) is 0 Å². The Balaban J connectivity index is 3.47. The second-order valence-corrected chi connectivity index (χ2v) is 3.79.